The molecule has 0 unspecified atom stereocenters. The molecule has 19 heavy (non-hydrogen) atoms. The topological polar surface area (TPSA) is 83.7 Å². The average molecular weight is 262 g/mol. The van der Waals surface area contributed by atoms with Crippen LogP contribution in [0.25, 0.3) is 0 Å². The molecule has 0 saturated heterocycles. The van der Waals surface area contributed by atoms with E-state index in [9.17, 15) is 14.9 Å². The van der Waals surface area contributed by atoms with Gasteiger partial charge in [0.25, 0.3) is 5.69 Å². The molecule has 0 amide bonds. The summed E-state index contributed by atoms with van der Waals surface area (Å²) >= 11 is 0. The van der Waals surface area contributed by atoms with Crippen molar-refractivity contribution in [3.05, 3.63) is 46.5 Å². The first-order valence-corrected chi connectivity index (χ1v) is 5.94. The second-order valence-corrected chi connectivity index (χ2v) is 4.44. The van der Waals surface area contributed by atoms with E-state index in [-0.39, 0.29) is 17.3 Å². The Bertz CT molecular complexity index is 537. The molecule has 0 bridgehead atoms. The lowest BCUT2D eigenvalue weighted by atomic mass is 10.1. The normalized spacial score (nSPS) is 13.9. The molecule has 0 aromatic heterocycles. The van der Waals surface area contributed by atoms with Crippen LogP contribution in [0.2, 0.25) is 0 Å². The molecule has 0 spiro atoms. The molecule has 1 aliphatic carbocycles. The van der Waals surface area contributed by atoms with Crippen LogP contribution in [0.5, 0.6) is 0 Å². The van der Waals surface area contributed by atoms with Gasteiger partial charge in [-0.15, -0.1) is 6.58 Å². The smallest absolute Gasteiger partial charge is 0.335 e. The standard InChI is InChI=1S/C13H14N2O4/c1-2-7-14(10-4-5-10)11-6-3-9(13(16)17)8-12(11)15(18)19/h2-3,6,8,10H,1,4-5,7H2,(H,16,17). The Morgan fingerprint density at radius 1 is 1.58 bits per heavy atom. The summed E-state index contributed by atoms with van der Waals surface area (Å²) in [5.74, 6) is -1.17. The van der Waals surface area contributed by atoms with Crippen molar-refractivity contribution in [2.75, 3.05) is 11.4 Å². The quantitative estimate of drug-likeness (QED) is 0.483. The molecular weight excluding hydrogens is 248 g/mol. The number of hydrogen-bond donors (Lipinski definition) is 1. The van der Waals surface area contributed by atoms with Crippen molar-refractivity contribution in [2.45, 2.75) is 18.9 Å². The lowest BCUT2D eigenvalue weighted by Gasteiger charge is -2.22. The molecule has 1 saturated carbocycles. The summed E-state index contributed by atoms with van der Waals surface area (Å²) in [5, 5.41) is 20.0. The van der Waals surface area contributed by atoms with Crippen LogP contribution in [0.1, 0.15) is 23.2 Å². The maximum Gasteiger partial charge on any atom is 0.335 e. The van der Waals surface area contributed by atoms with Gasteiger partial charge in [0.05, 0.1) is 10.5 Å². The van der Waals surface area contributed by atoms with E-state index in [2.05, 4.69) is 6.58 Å². The van der Waals surface area contributed by atoms with Gasteiger partial charge in [0.15, 0.2) is 0 Å². The molecule has 6 nitrogen and oxygen atoms in total. The number of anilines is 1. The van der Waals surface area contributed by atoms with Crippen molar-refractivity contribution >= 4 is 17.3 Å². The lowest BCUT2D eigenvalue weighted by molar-refractivity contribution is -0.384. The van der Waals surface area contributed by atoms with E-state index in [4.69, 9.17) is 5.11 Å². The zero-order valence-electron chi connectivity index (χ0n) is 10.3. The van der Waals surface area contributed by atoms with Crippen LogP contribution >= 0.6 is 0 Å². The molecule has 1 aliphatic rings. The minimum absolute atomic E-state index is 0.0789. The summed E-state index contributed by atoms with van der Waals surface area (Å²) in [7, 11) is 0. The molecule has 1 N–H and O–H groups in total. The zero-order chi connectivity index (χ0) is 14.0. The van der Waals surface area contributed by atoms with Crippen molar-refractivity contribution < 1.29 is 14.8 Å². The Kier molecular flexibility index (Phi) is 3.50. The van der Waals surface area contributed by atoms with Gasteiger partial charge in [-0.2, -0.15) is 0 Å². The van der Waals surface area contributed by atoms with Gasteiger partial charge in [-0.1, -0.05) is 6.08 Å². The fourth-order valence-corrected chi connectivity index (χ4v) is 2.01. The van der Waals surface area contributed by atoms with Crippen LogP contribution in [-0.2, 0) is 0 Å². The highest BCUT2D eigenvalue weighted by atomic mass is 16.6. The average Bonchev–Trinajstić information content (AvgIpc) is 3.19. The number of carboxylic acid groups (broad SMARTS) is 1. The Labute approximate surface area is 110 Å². The molecule has 2 rings (SSSR count). The highest BCUT2D eigenvalue weighted by Crippen LogP contribution is 2.37. The molecule has 1 fully saturated rings. The largest absolute Gasteiger partial charge is 0.478 e. The van der Waals surface area contributed by atoms with Crippen LogP contribution in [0, 0.1) is 10.1 Å². The lowest BCUT2D eigenvalue weighted by Crippen LogP contribution is -2.26. The van der Waals surface area contributed by atoms with E-state index < -0.39 is 10.9 Å². The number of benzene rings is 1. The summed E-state index contributed by atoms with van der Waals surface area (Å²) in [4.78, 5) is 23.3. The second-order valence-electron chi connectivity index (χ2n) is 4.44. The highest BCUT2D eigenvalue weighted by molar-refractivity contribution is 5.90. The molecular formula is C13H14N2O4. The third-order valence-electron chi connectivity index (χ3n) is 3.04. The SMILES string of the molecule is C=CCN(c1ccc(C(=O)O)cc1[N+](=O)[O-])C1CC1. The number of nitro benzene ring substituents is 1. The fourth-order valence-electron chi connectivity index (χ4n) is 2.01. The number of nitro groups is 1. The van der Waals surface area contributed by atoms with E-state index in [1.807, 2.05) is 4.90 Å². The Balaban J connectivity index is 2.45. The minimum atomic E-state index is -1.17. The zero-order valence-corrected chi connectivity index (χ0v) is 10.3. The number of carbonyl (C=O) groups is 1. The first-order chi connectivity index (χ1) is 9.04. The van der Waals surface area contributed by atoms with Crippen LogP contribution in [0.15, 0.2) is 30.9 Å². The first-order valence-electron chi connectivity index (χ1n) is 5.94. The Hall–Kier alpha value is -2.37. The number of nitrogens with zero attached hydrogens (tertiary/aromatic N) is 2. The predicted octanol–water partition coefficient (Wildman–Crippen LogP) is 2.45. The molecule has 0 aliphatic heterocycles. The van der Waals surface area contributed by atoms with E-state index in [1.54, 1.807) is 6.08 Å². The molecule has 100 valence electrons. The van der Waals surface area contributed by atoms with Gasteiger partial charge in [-0.3, -0.25) is 10.1 Å². The second kappa shape index (κ2) is 5.09. The predicted molar refractivity (Wildman–Crippen MR) is 70.6 cm³/mol. The third-order valence-corrected chi connectivity index (χ3v) is 3.04. The molecule has 1 aromatic carbocycles. The summed E-state index contributed by atoms with van der Waals surface area (Å²) in [6, 6.07) is 4.29. The van der Waals surface area contributed by atoms with Gasteiger partial charge in [0.1, 0.15) is 5.69 Å². The van der Waals surface area contributed by atoms with Gasteiger partial charge in [0.2, 0.25) is 0 Å². The van der Waals surface area contributed by atoms with Crippen molar-refractivity contribution in [3.8, 4) is 0 Å². The van der Waals surface area contributed by atoms with Crippen molar-refractivity contribution in [1.82, 2.24) is 0 Å². The van der Waals surface area contributed by atoms with Gasteiger partial charge in [0, 0.05) is 18.7 Å². The maximum atomic E-state index is 11.1. The van der Waals surface area contributed by atoms with Gasteiger partial charge < -0.3 is 10.0 Å². The molecule has 0 radical (unpaired) electrons. The monoisotopic (exact) mass is 262 g/mol. The molecule has 1 aromatic rings. The first kappa shape index (κ1) is 13.1. The van der Waals surface area contributed by atoms with Crippen molar-refractivity contribution in [3.63, 3.8) is 0 Å². The summed E-state index contributed by atoms with van der Waals surface area (Å²) in [6.45, 7) is 4.16. The van der Waals surface area contributed by atoms with E-state index >= 15 is 0 Å². The molecule has 0 heterocycles. The van der Waals surface area contributed by atoms with Crippen LogP contribution < -0.4 is 4.90 Å². The van der Waals surface area contributed by atoms with Crippen LogP contribution in [-0.4, -0.2) is 28.6 Å². The van der Waals surface area contributed by atoms with Crippen molar-refractivity contribution in [2.24, 2.45) is 0 Å². The van der Waals surface area contributed by atoms with Crippen LogP contribution in [0.3, 0.4) is 0 Å². The summed E-state index contributed by atoms with van der Waals surface area (Å²) in [6.07, 6.45) is 3.67. The maximum absolute atomic E-state index is 11.1. The molecule has 6 heteroatoms. The van der Waals surface area contributed by atoms with E-state index in [0.29, 0.717) is 12.2 Å². The number of aromatic carboxylic acids is 1. The number of carboxylic acids is 1. The number of rotatable bonds is 6. The Morgan fingerprint density at radius 2 is 2.26 bits per heavy atom. The summed E-state index contributed by atoms with van der Waals surface area (Å²) in [5.41, 5.74) is 0.204. The van der Waals surface area contributed by atoms with Crippen molar-refractivity contribution in [1.29, 1.82) is 0 Å². The van der Waals surface area contributed by atoms with Gasteiger partial charge >= 0.3 is 5.97 Å². The highest BCUT2D eigenvalue weighted by Gasteiger charge is 2.32. The number of hydrogen-bond acceptors (Lipinski definition) is 4. The van der Waals surface area contributed by atoms with Gasteiger partial charge in [-0.25, -0.2) is 4.79 Å². The Morgan fingerprint density at radius 3 is 2.74 bits per heavy atom. The van der Waals surface area contributed by atoms with E-state index in [0.717, 1.165) is 18.9 Å². The van der Waals surface area contributed by atoms with E-state index in [1.165, 1.54) is 12.1 Å². The third kappa shape index (κ3) is 2.73. The molecule has 0 atom stereocenters. The summed E-state index contributed by atoms with van der Waals surface area (Å²) < 4.78 is 0. The fraction of sp³-hybridized carbons (Fsp3) is 0.308. The van der Waals surface area contributed by atoms with Gasteiger partial charge in [-0.05, 0) is 25.0 Å². The van der Waals surface area contributed by atoms with Crippen LogP contribution in [0.4, 0.5) is 11.4 Å². The minimum Gasteiger partial charge on any atom is -0.478 e.